The van der Waals surface area contributed by atoms with Crippen LogP contribution in [0.5, 0.6) is 0 Å². The van der Waals surface area contributed by atoms with Crippen molar-refractivity contribution in [1.29, 1.82) is 0 Å². The summed E-state index contributed by atoms with van der Waals surface area (Å²) in [5, 5.41) is 0. The lowest BCUT2D eigenvalue weighted by molar-refractivity contribution is 0.171. The van der Waals surface area contributed by atoms with E-state index in [-0.39, 0.29) is 0 Å². The molecule has 2 aliphatic rings. The Balaban J connectivity index is 1.57. The van der Waals surface area contributed by atoms with Gasteiger partial charge >= 0.3 is 0 Å². The molecule has 1 heterocycles. The summed E-state index contributed by atoms with van der Waals surface area (Å²) in [7, 11) is 0. The number of hydrogen-bond acceptors (Lipinski definition) is 2. The molecule has 3 rings (SSSR count). The van der Waals surface area contributed by atoms with Crippen molar-refractivity contribution in [2.75, 3.05) is 19.6 Å². The zero-order valence-corrected chi connectivity index (χ0v) is 11.1. The third-order valence-corrected chi connectivity index (χ3v) is 4.37. The molecule has 1 aromatic carbocycles. The third kappa shape index (κ3) is 2.93. The van der Waals surface area contributed by atoms with Gasteiger partial charge in [-0.2, -0.15) is 0 Å². The Morgan fingerprint density at radius 1 is 1.11 bits per heavy atom. The standard InChI is InChI=1S/C16H24N2/c17-10-14-2-1-9-18(12-14)11-13-3-5-15(6-4-13)16-7-8-16/h3-6,14,16H,1-2,7-12,17H2. The monoisotopic (exact) mass is 244 g/mol. The quantitative estimate of drug-likeness (QED) is 0.882. The molecule has 18 heavy (non-hydrogen) atoms. The van der Waals surface area contributed by atoms with Crippen molar-refractivity contribution in [3.63, 3.8) is 0 Å². The number of nitrogens with two attached hydrogens (primary N) is 1. The topological polar surface area (TPSA) is 29.3 Å². The highest BCUT2D eigenvalue weighted by atomic mass is 15.1. The van der Waals surface area contributed by atoms with Crippen LogP contribution in [0.1, 0.15) is 42.7 Å². The van der Waals surface area contributed by atoms with Crippen LogP contribution in [0.25, 0.3) is 0 Å². The molecule has 2 nitrogen and oxygen atoms in total. The van der Waals surface area contributed by atoms with E-state index in [2.05, 4.69) is 29.2 Å². The van der Waals surface area contributed by atoms with Crippen molar-refractivity contribution >= 4 is 0 Å². The van der Waals surface area contributed by atoms with Gasteiger partial charge in [0.1, 0.15) is 0 Å². The summed E-state index contributed by atoms with van der Waals surface area (Å²) in [5.41, 5.74) is 8.79. The molecule has 1 aliphatic carbocycles. The van der Waals surface area contributed by atoms with E-state index in [4.69, 9.17) is 5.73 Å². The minimum atomic E-state index is 0.712. The summed E-state index contributed by atoms with van der Waals surface area (Å²) >= 11 is 0. The summed E-state index contributed by atoms with van der Waals surface area (Å²) in [4.78, 5) is 2.56. The number of nitrogens with zero attached hydrogens (tertiary/aromatic N) is 1. The normalized spacial score (nSPS) is 25.3. The molecule has 1 saturated carbocycles. The van der Waals surface area contributed by atoms with Crippen LogP contribution in [0.15, 0.2) is 24.3 Å². The Morgan fingerprint density at radius 3 is 2.56 bits per heavy atom. The van der Waals surface area contributed by atoms with Crippen LogP contribution in [-0.2, 0) is 6.54 Å². The van der Waals surface area contributed by atoms with Crippen molar-refractivity contribution in [2.45, 2.75) is 38.1 Å². The summed E-state index contributed by atoms with van der Waals surface area (Å²) in [6.07, 6.45) is 5.41. The molecule has 1 unspecified atom stereocenters. The van der Waals surface area contributed by atoms with Gasteiger partial charge in [0.2, 0.25) is 0 Å². The van der Waals surface area contributed by atoms with Crippen LogP contribution in [0, 0.1) is 5.92 Å². The third-order valence-electron chi connectivity index (χ3n) is 4.37. The number of likely N-dealkylation sites (tertiary alicyclic amines) is 1. The molecule has 1 aromatic rings. The molecule has 1 saturated heterocycles. The molecule has 0 aromatic heterocycles. The summed E-state index contributed by atoms with van der Waals surface area (Å²) < 4.78 is 0. The first-order valence-corrected chi connectivity index (χ1v) is 7.36. The fourth-order valence-electron chi connectivity index (χ4n) is 3.06. The van der Waals surface area contributed by atoms with E-state index in [9.17, 15) is 0 Å². The molecule has 0 spiro atoms. The van der Waals surface area contributed by atoms with Gasteiger partial charge in [-0.3, -0.25) is 4.90 Å². The van der Waals surface area contributed by atoms with Gasteiger partial charge in [-0.25, -0.2) is 0 Å². The second kappa shape index (κ2) is 5.41. The Morgan fingerprint density at radius 2 is 1.89 bits per heavy atom. The second-order valence-electron chi connectivity index (χ2n) is 5.99. The minimum absolute atomic E-state index is 0.712. The highest BCUT2D eigenvalue weighted by molar-refractivity contribution is 5.28. The fourth-order valence-corrected chi connectivity index (χ4v) is 3.06. The van der Waals surface area contributed by atoms with E-state index in [0.717, 1.165) is 19.0 Å². The number of hydrogen-bond donors (Lipinski definition) is 1. The van der Waals surface area contributed by atoms with E-state index in [0.29, 0.717) is 5.92 Å². The fraction of sp³-hybridized carbons (Fsp3) is 0.625. The predicted molar refractivity (Wildman–Crippen MR) is 75.5 cm³/mol. The summed E-state index contributed by atoms with van der Waals surface area (Å²) in [5.74, 6) is 1.58. The Bertz CT molecular complexity index is 381. The smallest absolute Gasteiger partial charge is 0.0233 e. The molecule has 2 heteroatoms. The van der Waals surface area contributed by atoms with Gasteiger partial charge in [-0.05, 0) is 61.7 Å². The predicted octanol–water partition coefficient (Wildman–Crippen LogP) is 2.73. The largest absolute Gasteiger partial charge is 0.330 e. The lowest BCUT2D eigenvalue weighted by atomic mass is 9.97. The molecule has 1 atom stereocenters. The number of benzene rings is 1. The summed E-state index contributed by atoms with van der Waals surface area (Å²) in [6.45, 7) is 4.36. The van der Waals surface area contributed by atoms with Crippen molar-refractivity contribution in [3.8, 4) is 0 Å². The highest BCUT2D eigenvalue weighted by Crippen LogP contribution is 2.39. The van der Waals surface area contributed by atoms with Crippen molar-refractivity contribution in [2.24, 2.45) is 11.7 Å². The molecule has 2 N–H and O–H groups in total. The van der Waals surface area contributed by atoms with Gasteiger partial charge in [0.15, 0.2) is 0 Å². The Hall–Kier alpha value is -0.860. The van der Waals surface area contributed by atoms with Gasteiger partial charge in [0, 0.05) is 13.1 Å². The second-order valence-corrected chi connectivity index (χ2v) is 5.99. The van der Waals surface area contributed by atoms with E-state index >= 15 is 0 Å². The van der Waals surface area contributed by atoms with Crippen LogP contribution in [0.3, 0.4) is 0 Å². The summed E-state index contributed by atoms with van der Waals surface area (Å²) in [6, 6.07) is 9.30. The Kier molecular flexibility index (Phi) is 3.67. The van der Waals surface area contributed by atoms with Crippen molar-refractivity contribution in [3.05, 3.63) is 35.4 Å². The van der Waals surface area contributed by atoms with Crippen LogP contribution in [0.4, 0.5) is 0 Å². The van der Waals surface area contributed by atoms with Gasteiger partial charge in [-0.15, -0.1) is 0 Å². The molecule has 2 fully saturated rings. The van der Waals surface area contributed by atoms with Crippen LogP contribution in [-0.4, -0.2) is 24.5 Å². The van der Waals surface area contributed by atoms with Crippen LogP contribution >= 0.6 is 0 Å². The first-order valence-electron chi connectivity index (χ1n) is 7.36. The van der Waals surface area contributed by atoms with E-state index in [1.165, 1.54) is 49.9 Å². The van der Waals surface area contributed by atoms with Gasteiger partial charge in [0.25, 0.3) is 0 Å². The lowest BCUT2D eigenvalue weighted by Crippen LogP contribution is -2.37. The maximum atomic E-state index is 5.79. The zero-order valence-electron chi connectivity index (χ0n) is 11.1. The van der Waals surface area contributed by atoms with Crippen molar-refractivity contribution in [1.82, 2.24) is 4.90 Å². The first kappa shape index (κ1) is 12.2. The van der Waals surface area contributed by atoms with Crippen LogP contribution in [0.2, 0.25) is 0 Å². The van der Waals surface area contributed by atoms with Crippen LogP contribution < -0.4 is 5.73 Å². The zero-order chi connectivity index (χ0) is 12.4. The Labute approximate surface area is 110 Å². The number of rotatable bonds is 4. The molecule has 0 bridgehead atoms. The average molecular weight is 244 g/mol. The molecule has 0 radical (unpaired) electrons. The van der Waals surface area contributed by atoms with E-state index < -0.39 is 0 Å². The molecule has 0 amide bonds. The maximum Gasteiger partial charge on any atom is 0.0233 e. The minimum Gasteiger partial charge on any atom is -0.330 e. The van der Waals surface area contributed by atoms with Gasteiger partial charge in [-0.1, -0.05) is 24.3 Å². The van der Waals surface area contributed by atoms with E-state index in [1.807, 2.05) is 0 Å². The number of piperidine rings is 1. The van der Waals surface area contributed by atoms with Gasteiger partial charge in [0.05, 0.1) is 0 Å². The SMILES string of the molecule is NCC1CCCN(Cc2ccc(C3CC3)cc2)C1. The average Bonchev–Trinajstić information content (AvgIpc) is 3.24. The highest BCUT2D eigenvalue weighted by Gasteiger charge is 2.23. The first-order chi connectivity index (χ1) is 8.85. The van der Waals surface area contributed by atoms with Crippen molar-refractivity contribution < 1.29 is 0 Å². The molecule has 1 aliphatic heterocycles. The molecule has 98 valence electrons. The molecular formula is C16H24N2. The van der Waals surface area contributed by atoms with E-state index in [1.54, 1.807) is 0 Å². The molecular weight excluding hydrogens is 220 g/mol. The van der Waals surface area contributed by atoms with Gasteiger partial charge < -0.3 is 5.73 Å². The lowest BCUT2D eigenvalue weighted by Gasteiger charge is -2.32. The maximum absolute atomic E-state index is 5.79.